The molecule has 3 aliphatic rings. The lowest BCUT2D eigenvalue weighted by molar-refractivity contribution is 0.0252. The number of benzene rings is 1. The maximum Gasteiger partial charge on any atom is 0.410 e. The number of nitrogens with zero attached hydrogens (tertiary/aromatic N) is 2. The number of carbonyl (C=O) groups excluding carboxylic acids is 2. The van der Waals surface area contributed by atoms with Gasteiger partial charge in [-0.2, -0.15) is 0 Å². The summed E-state index contributed by atoms with van der Waals surface area (Å²) < 4.78 is 5.55. The van der Waals surface area contributed by atoms with Gasteiger partial charge in [0.05, 0.1) is 16.6 Å². The van der Waals surface area contributed by atoms with Crippen molar-refractivity contribution in [2.75, 3.05) is 13.1 Å². The predicted octanol–water partition coefficient (Wildman–Crippen LogP) is 4.98. The fourth-order valence-corrected chi connectivity index (χ4v) is 5.59. The number of carbonyl (C=O) groups is 2. The summed E-state index contributed by atoms with van der Waals surface area (Å²) in [6.45, 7) is 6.77. The number of hydrogen-bond acceptors (Lipinski definition) is 3. The molecule has 5 nitrogen and oxygen atoms in total. The Morgan fingerprint density at radius 2 is 1.90 bits per heavy atom. The molecule has 158 valence electrons. The van der Waals surface area contributed by atoms with Gasteiger partial charge in [0, 0.05) is 19.1 Å². The molecule has 4 atom stereocenters. The summed E-state index contributed by atoms with van der Waals surface area (Å²) in [5.41, 5.74) is 0.0417. The van der Waals surface area contributed by atoms with Gasteiger partial charge in [-0.05, 0) is 70.4 Å². The van der Waals surface area contributed by atoms with Crippen molar-refractivity contribution < 1.29 is 14.3 Å². The molecule has 3 fully saturated rings. The van der Waals surface area contributed by atoms with Crippen molar-refractivity contribution in [1.29, 1.82) is 0 Å². The van der Waals surface area contributed by atoms with Gasteiger partial charge in [-0.15, -0.1) is 0 Å². The Hall–Kier alpha value is -1.75. The van der Waals surface area contributed by atoms with Crippen molar-refractivity contribution in [3.05, 3.63) is 34.9 Å². The average Bonchev–Trinajstić information content (AvgIpc) is 3.38. The Bertz CT molecular complexity index is 791. The first kappa shape index (κ1) is 20.5. The van der Waals surface area contributed by atoms with E-state index in [4.69, 9.17) is 16.3 Å². The van der Waals surface area contributed by atoms with Crippen LogP contribution in [0.1, 0.15) is 63.2 Å². The highest BCUT2D eigenvalue weighted by atomic mass is 35.5. The molecule has 0 spiro atoms. The van der Waals surface area contributed by atoms with E-state index in [0.717, 1.165) is 18.8 Å². The standard InChI is InChI=1S/C23H31ClN2O3/c1-23(2,3)29-22(28)25-11-10-17(14-25)26(20-13-15-8-9-16(20)12-15)21(27)18-6-4-5-7-19(18)24/h4-7,15-17,20H,8-14H2,1-3H3/t15?,16?,17-,20?/m0/s1. The number of hydrogen-bond donors (Lipinski definition) is 0. The summed E-state index contributed by atoms with van der Waals surface area (Å²) >= 11 is 6.38. The van der Waals surface area contributed by atoms with E-state index in [1.165, 1.54) is 19.3 Å². The van der Waals surface area contributed by atoms with Gasteiger partial charge in [-0.1, -0.05) is 30.2 Å². The fourth-order valence-electron chi connectivity index (χ4n) is 5.37. The van der Waals surface area contributed by atoms with E-state index in [1.54, 1.807) is 11.0 Å². The quantitative estimate of drug-likeness (QED) is 0.695. The van der Waals surface area contributed by atoms with Crippen molar-refractivity contribution in [3.63, 3.8) is 0 Å². The molecule has 0 N–H and O–H groups in total. The maximum atomic E-state index is 13.6. The molecule has 2 bridgehead atoms. The van der Waals surface area contributed by atoms with Crippen LogP contribution in [0.15, 0.2) is 24.3 Å². The lowest BCUT2D eigenvalue weighted by Gasteiger charge is -2.39. The number of halogens is 1. The van der Waals surface area contributed by atoms with Crippen LogP contribution in [0.5, 0.6) is 0 Å². The zero-order valence-corrected chi connectivity index (χ0v) is 18.3. The van der Waals surface area contributed by atoms with Crippen LogP contribution in [-0.2, 0) is 4.74 Å². The molecule has 2 aliphatic carbocycles. The molecule has 29 heavy (non-hydrogen) atoms. The largest absolute Gasteiger partial charge is 0.444 e. The highest BCUT2D eigenvalue weighted by Crippen LogP contribution is 2.48. The van der Waals surface area contributed by atoms with E-state index in [0.29, 0.717) is 29.6 Å². The smallest absolute Gasteiger partial charge is 0.410 e. The Balaban J connectivity index is 1.56. The third-order valence-electron chi connectivity index (χ3n) is 6.61. The van der Waals surface area contributed by atoms with Crippen molar-refractivity contribution >= 4 is 23.6 Å². The van der Waals surface area contributed by atoms with Crippen LogP contribution in [0, 0.1) is 11.8 Å². The van der Waals surface area contributed by atoms with Crippen LogP contribution < -0.4 is 0 Å². The third-order valence-corrected chi connectivity index (χ3v) is 6.93. The third kappa shape index (κ3) is 4.25. The molecule has 2 amide bonds. The highest BCUT2D eigenvalue weighted by molar-refractivity contribution is 6.33. The Morgan fingerprint density at radius 1 is 1.14 bits per heavy atom. The topological polar surface area (TPSA) is 49.9 Å². The molecule has 1 heterocycles. The molecular weight excluding hydrogens is 388 g/mol. The van der Waals surface area contributed by atoms with Crippen molar-refractivity contribution in [2.24, 2.45) is 11.8 Å². The van der Waals surface area contributed by atoms with Gasteiger partial charge in [-0.25, -0.2) is 4.79 Å². The van der Waals surface area contributed by atoms with Gasteiger partial charge in [0.15, 0.2) is 0 Å². The molecule has 1 aromatic rings. The van der Waals surface area contributed by atoms with E-state index in [1.807, 2.05) is 39.0 Å². The average molecular weight is 419 g/mol. The molecule has 2 saturated carbocycles. The van der Waals surface area contributed by atoms with Crippen molar-refractivity contribution in [2.45, 2.75) is 70.6 Å². The summed E-state index contributed by atoms with van der Waals surface area (Å²) in [7, 11) is 0. The normalized spacial score (nSPS) is 28.6. The molecule has 1 aromatic carbocycles. The fraction of sp³-hybridized carbons (Fsp3) is 0.652. The Morgan fingerprint density at radius 3 is 2.52 bits per heavy atom. The number of amides is 2. The van der Waals surface area contributed by atoms with E-state index < -0.39 is 5.60 Å². The first-order chi connectivity index (χ1) is 13.7. The lowest BCUT2D eigenvalue weighted by Crippen LogP contribution is -2.51. The van der Waals surface area contributed by atoms with Gasteiger partial charge in [0.2, 0.25) is 0 Å². The molecular formula is C23H31ClN2O3. The molecule has 3 unspecified atom stereocenters. The molecule has 6 heteroatoms. The van der Waals surface area contributed by atoms with Gasteiger partial charge in [0.25, 0.3) is 5.91 Å². The second-order valence-corrected chi connectivity index (χ2v) is 10.2. The molecule has 4 rings (SSSR count). The Labute approximate surface area is 178 Å². The lowest BCUT2D eigenvalue weighted by atomic mass is 9.92. The predicted molar refractivity (Wildman–Crippen MR) is 113 cm³/mol. The summed E-state index contributed by atoms with van der Waals surface area (Å²) in [6.07, 6.45) is 5.26. The van der Waals surface area contributed by atoms with E-state index >= 15 is 0 Å². The number of fused-ring (bicyclic) bond motifs is 2. The zero-order valence-electron chi connectivity index (χ0n) is 17.6. The van der Waals surface area contributed by atoms with Crippen LogP contribution in [0.4, 0.5) is 4.79 Å². The summed E-state index contributed by atoms with van der Waals surface area (Å²) in [5, 5.41) is 0.493. The first-order valence-corrected chi connectivity index (χ1v) is 11.2. The van der Waals surface area contributed by atoms with Gasteiger partial charge in [-0.3, -0.25) is 4.79 Å². The molecule has 0 radical (unpaired) electrons. The minimum absolute atomic E-state index is 0.00388. The maximum absolute atomic E-state index is 13.6. The SMILES string of the molecule is CC(C)(C)OC(=O)N1CC[C@H](N(C(=O)c2ccccc2Cl)C2CC3CCC2C3)C1. The molecule has 0 aromatic heterocycles. The van der Waals surface area contributed by atoms with Gasteiger partial charge < -0.3 is 14.5 Å². The van der Waals surface area contributed by atoms with Gasteiger partial charge in [0.1, 0.15) is 5.60 Å². The van der Waals surface area contributed by atoms with Gasteiger partial charge >= 0.3 is 6.09 Å². The van der Waals surface area contributed by atoms with Crippen LogP contribution in [0.3, 0.4) is 0 Å². The van der Waals surface area contributed by atoms with Crippen molar-refractivity contribution in [3.8, 4) is 0 Å². The first-order valence-electron chi connectivity index (χ1n) is 10.8. The van der Waals surface area contributed by atoms with Crippen molar-refractivity contribution in [1.82, 2.24) is 9.80 Å². The van der Waals surface area contributed by atoms with Crippen LogP contribution in [0.2, 0.25) is 5.02 Å². The molecule has 1 saturated heterocycles. The minimum Gasteiger partial charge on any atom is -0.444 e. The summed E-state index contributed by atoms with van der Waals surface area (Å²) in [6, 6.07) is 7.55. The van der Waals surface area contributed by atoms with Crippen LogP contribution in [-0.4, -0.2) is 52.6 Å². The Kier molecular flexibility index (Phi) is 5.54. The van der Waals surface area contributed by atoms with Crippen LogP contribution >= 0.6 is 11.6 Å². The second-order valence-electron chi connectivity index (χ2n) is 9.80. The zero-order chi connectivity index (χ0) is 20.8. The number of rotatable bonds is 3. The second kappa shape index (κ2) is 7.82. The van der Waals surface area contributed by atoms with E-state index in [2.05, 4.69) is 4.90 Å². The summed E-state index contributed by atoms with van der Waals surface area (Å²) in [4.78, 5) is 30.0. The highest BCUT2D eigenvalue weighted by Gasteiger charge is 2.47. The molecule has 1 aliphatic heterocycles. The minimum atomic E-state index is -0.521. The summed E-state index contributed by atoms with van der Waals surface area (Å²) in [5.74, 6) is 1.31. The van der Waals surface area contributed by atoms with Crippen LogP contribution in [0.25, 0.3) is 0 Å². The number of ether oxygens (including phenoxy) is 1. The van der Waals surface area contributed by atoms with E-state index in [-0.39, 0.29) is 24.1 Å². The monoisotopic (exact) mass is 418 g/mol. The van der Waals surface area contributed by atoms with E-state index in [9.17, 15) is 9.59 Å². The number of likely N-dealkylation sites (tertiary alicyclic amines) is 1.